The molecule has 2 atom stereocenters. The Balaban J connectivity index is 2.21. The van der Waals surface area contributed by atoms with Gasteiger partial charge in [-0.3, -0.25) is 4.79 Å². The van der Waals surface area contributed by atoms with Crippen LogP contribution >= 0.6 is 11.8 Å². The first-order valence-electron chi connectivity index (χ1n) is 6.98. The lowest BCUT2D eigenvalue weighted by Gasteiger charge is -2.25. The van der Waals surface area contributed by atoms with E-state index in [1.165, 1.54) is 0 Å². The molecule has 0 aliphatic carbocycles. The molecule has 1 N–H and O–H groups in total. The van der Waals surface area contributed by atoms with Gasteiger partial charge in [-0.2, -0.15) is 0 Å². The van der Waals surface area contributed by atoms with Gasteiger partial charge < -0.3 is 15.0 Å². The van der Waals surface area contributed by atoms with Gasteiger partial charge in [0.1, 0.15) is 11.1 Å². The van der Waals surface area contributed by atoms with E-state index in [-0.39, 0.29) is 16.5 Å². The molecule has 1 aromatic rings. The first-order chi connectivity index (χ1) is 9.69. The number of rotatable bonds is 6. The molecule has 0 unspecified atom stereocenters. The highest BCUT2D eigenvalue weighted by molar-refractivity contribution is 8.01. The summed E-state index contributed by atoms with van der Waals surface area (Å²) in [6.45, 7) is 6.52. The summed E-state index contributed by atoms with van der Waals surface area (Å²) in [6.07, 6.45) is 0. The van der Waals surface area contributed by atoms with E-state index in [1.54, 1.807) is 18.9 Å². The lowest BCUT2D eigenvalue weighted by molar-refractivity contribution is -0.129. The van der Waals surface area contributed by atoms with Crippen molar-refractivity contribution >= 4 is 17.7 Å². The van der Waals surface area contributed by atoms with Crippen molar-refractivity contribution in [3.8, 4) is 5.75 Å². The standard InChI is InChI=1S/C15H22N2O2S/c1-4-16-9-10-17-14(18)11(2)20-15(17)12-7-5-6-8-13(12)19-3/h5-8,11,15-16H,4,9-10H2,1-3H3/t11-,15-/m0/s1. The van der Waals surface area contributed by atoms with E-state index in [1.807, 2.05) is 36.1 Å². The first kappa shape index (κ1) is 15.2. The van der Waals surface area contributed by atoms with Crippen LogP contribution in [0.3, 0.4) is 0 Å². The summed E-state index contributed by atoms with van der Waals surface area (Å²) in [7, 11) is 1.67. The number of nitrogens with one attached hydrogen (secondary N) is 1. The molecule has 1 aromatic carbocycles. The Hall–Kier alpha value is -1.20. The maximum absolute atomic E-state index is 12.3. The van der Waals surface area contributed by atoms with E-state index in [0.29, 0.717) is 0 Å². The van der Waals surface area contributed by atoms with E-state index in [0.717, 1.165) is 30.9 Å². The lowest BCUT2D eigenvalue weighted by Crippen LogP contribution is -2.36. The number of thioether (sulfide) groups is 1. The fraction of sp³-hybridized carbons (Fsp3) is 0.533. The van der Waals surface area contributed by atoms with E-state index < -0.39 is 0 Å². The van der Waals surface area contributed by atoms with Crippen LogP contribution in [0.25, 0.3) is 0 Å². The first-order valence-corrected chi connectivity index (χ1v) is 7.93. The molecule has 1 heterocycles. The molecule has 0 aromatic heterocycles. The molecule has 5 heteroatoms. The van der Waals surface area contributed by atoms with Gasteiger partial charge in [-0.1, -0.05) is 25.1 Å². The van der Waals surface area contributed by atoms with Gasteiger partial charge in [-0.15, -0.1) is 11.8 Å². The number of hydrogen-bond acceptors (Lipinski definition) is 4. The van der Waals surface area contributed by atoms with Gasteiger partial charge in [0.15, 0.2) is 0 Å². The summed E-state index contributed by atoms with van der Waals surface area (Å²) in [6, 6.07) is 7.94. The summed E-state index contributed by atoms with van der Waals surface area (Å²) in [5.74, 6) is 1.06. The number of likely N-dealkylation sites (N-methyl/N-ethyl adjacent to an activating group) is 1. The molecule has 1 aliphatic rings. The van der Waals surface area contributed by atoms with Crippen molar-refractivity contribution in [3.63, 3.8) is 0 Å². The highest BCUT2D eigenvalue weighted by Crippen LogP contribution is 2.45. The smallest absolute Gasteiger partial charge is 0.236 e. The van der Waals surface area contributed by atoms with Gasteiger partial charge in [0.25, 0.3) is 0 Å². The molecule has 0 saturated carbocycles. The van der Waals surface area contributed by atoms with E-state index >= 15 is 0 Å². The minimum absolute atomic E-state index is 0.00605. The topological polar surface area (TPSA) is 41.6 Å². The van der Waals surface area contributed by atoms with Crippen molar-refractivity contribution in [2.45, 2.75) is 24.5 Å². The average Bonchev–Trinajstić information content (AvgIpc) is 2.75. The van der Waals surface area contributed by atoms with Gasteiger partial charge in [0.05, 0.1) is 12.4 Å². The van der Waals surface area contributed by atoms with Gasteiger partial charge in [-0.05, 0) is 19.5 Å². The second kappa shape index (κ2) is 6.99. The Morgan fingerprint density at radius 3 is 2.85 bits per heavy atom. The molecular weight excluding hydrogens is 272 g/mol. The van der Waals surface area contributed by atoms with Crippen LogP contribution in [0, 0.1) is 0 Å². The van der Waals surface area contributed by atoms with Crippen LogP contribution in [0.4, 0.5) is 0 Å². The second-order valence-electron chi connectivity index (χ2n) is 4.76. The number of benzene rings is 1. The van der Waals surface area contributed by atoms with Crippen molar-refractivity contribution in [2.24, 2.45) is 0 Å². The Kier molecular flexibility index (Phi) is 5.31. The Morgan fingerprint density at radius 2 is 2.15 bits per heavy atom. The number of methoxy groups -OCH3 is 1. The molecule has 0 bridgehead atoms. The molecule has 2 rings (SSSR count). The molecule has 0 spiro atoms. The maximum Gasteiger partial charge on any atom is 0.236 e. The Morgan fingerprint density at radius 1 is 1.40 bits per heavy atom. The zero-order valence-electron chi connectivity index (χ0n) is 12.3. The predicted octanol–water partition coefficient (Wildman–Crippen LogP) is 2.27. The van der Waals surface area contributed by atoms with Gasteiger partial charge in [-0.25, -0.2) is 0 Å². The van der Waals surface area contributed by atoms with Crippen LogP contribution in [-0.2, 0) is 4.79 Å². The molecule has 20 heavy (non-hydrogen) atoms. The number of para-hydroxylation sites is 1. The van der Waals surface area contributed by atoms with Crippen molar-refractivity contribution in [1.82, 2.24) is 10.2 Å². The van der Waals surface area contributed by atoms with Crippen LogP contribution < -0.4 is 10.1 Å². The molecule has 1 amide bonds. The fourth-order valence-corrected chi connectivity index (χ4v) is 3.73. The number of ether oxygens (including phenoxy) is 1. The number of carbonyl (C=O) groups excluding carboxylic acids is 1. The van der Waals surface area contributed by atoms with Crippen LogP contribution in [-0.4, -0.2) is 42.8 Å². The van der Waals surface area contributed by atoms with Gasteiger partial charge in [0, 0.05) is 18.7 Å². The zero-order valence-corrected chi connectivity index (χ0v) is 13.1. The zero-order chi connectivity index (χ0) is 14.5. The van der Waals surface area contributed by atoms with Crippen molar-refractivity contribution in [3.05, 3.63) is 29.8 Å². The minimum atomic E-state index is 0.00605. The Bertz CT molecular complexity index is 467. The third kappa shape index (κ3) is 3.10. The molecule has 110 valence electrons. The van der Waals surface area contributed by atoms with Gasteiger partial charge in [0.2, 0.25) is 5.91 Å². The van der Waals surface area contributed by atoms with Crippen molar-refractivity contribution < 1.29 is 9.53 Å². The molecule has 1 fully saturated rings. The summed E-state index contributed by atoms with van der Waals surface area (Å²) < 4.78 is 5.44. The van der Waals surface area contributed by atoms with E-state index in [2.05, 4.69) is 12.2 Å². The maximum atomic E-state index is 12.3. The fourth-order valence-electron chi connectivity index (χ4n) is 2.39. The average molecular weight is 294 g/mol. The summed E-state index contributed by atoms with van der Waals surface area (Å²) in [4.78, 5) is 14.3. The lowest BCUT2D eigenvalue weighted by atomic mass is 10.1. The normalized spacial score (nSPS) is 22.4. The van der Waals surface area contributed by atoms with Crippen LogP contribution in [0.1, 0.15) is 24.8 Å². The third-order valence-electron chi connectivity index (χ3n) is 3.43. The quantitative estimate of drug-likeness (QED) is 0.817. The second-order valence-corrected chi connectivity index (χ2v) is 6.18. The van der Waals surface area contributed by atoms with Crippen molar-refractivity contribution in [1.29, 1.82) is 0 Å². The summed E-state index contributed by atoms with van der Waals surface area (Å²) in [5.41, 5.74) is 1.08. The molecular formula is C15H22N2O2S. The number of nitrogens with zero attached hydrogens (tertiary/aromatic N) is 1. The van der Waals surface area contributed by atoms with Crippen LogP contribution in [0.2, 0.25) is 0 Å². The summed E-state index contributed by atoms with van der Waals surface area (Å²) in [5, 5.41) is 3.33. The predicted molar refractivity (Wildman–Crippen MR) is 83.0 cm³/mol. The third-order valence-corrected chi connectivity index (χ3v) is 4.81. The van der Waals surface area contributed by atoms with E-state index in [9.17, 15) is 4.79 Å². The summed E-state index contributed by atoms with van der Waals surface area (Å²) >= 11 is 1.69. The largest absolute Gasteiger partial charge is 0.496 e. The number of hydrogen-bond donors (Lipinski definition) is 1. The SMILES string of the molecule is CCNCCN1C(=O)[C@H](C)S[C@H]1c1ccccc1OC. The molecule has 4 nitrogen and oxygen atoms in total. The number of amides is 1. The highest BCUT2D eigenvalue weighted by Gasteiger charge is 2.39. The van der Waals surface area contributed by atoms with Crippen molar-refractivity contribution in [2.75, 3.05) is 26.7 Å². The van der Waals surface area contributed by atoms with Crippen LogP contribution in [0.5, 0.6) is 5.75 Å². The minimum Gasteiger partial charge on any atom is -0.496 e. The van der Waals surface area contributed by atoms with Crippen LogP contribution in [0.15, 0.2) is 24.3 Å². The van der Waals surface area contributed by atoms with Gasteiger partial charge >= 0.3 is 0 Å². The molecule has 1 saturated heterocycles. The Labute approximate surface area is 124 Å². The van der Waals surface area contributed by atoms with E-state index in [4.69, 9.17) is 4.74 Å². The monoisotopic (exact) mass is 294 g/mol. The molecule has 1 aliphatic heterocycles. The number of carbonyl (C=O) groups is 1. The highest BCUT2D eigenvalue weighted by atomic mass is 32.2. The molecule has 0 radical (unpaired) electrons.